The number of nitrogens with one attached hydrogen (secondary N) is 1. The largest absolute Gasteiger partial charge is 0.312 e. The van der Waals surface area contributed by atoms with Crippen LogP contribution in [0, 0.1) is 5.82 Å². The van der Waals surface area contributed by atoms with Crippen LogP contribution < -0.4 is 10.2 Å². The summed E-state index contributed by atoms with van der Waals surface area (Å²) in [6, 6.07) is 15.7. The number of benzene rings is 1. The van der Waals surface area contributed by atoms with E-state index < -0.39 is 0 Å². The number of carbonyl (C=O) groups is 1. The number of piperazine rings is 1. The molecular formula is C24H26FN5O. The van der Waals surface area contributed by atoms with Crippen LogP contribution in [-0.2, 0) is 6.54 Å². The first-order valence-corrected chi connectivity index (χ1v) is 10.4. The molecule has 0 saturated carbocycles. The third kappa shape index (κ3) is 5.13. The van der Waals surface area contributed by atoms with Crippen LogP contribution >= 0.6 is 0 Å². The second-order valence-corrected chi connectivity index (χ2v) is 7.90. The van der Waals surface area contributed by atoms with Gasteiger partial charge in [0.2, 0.25) is 0 Å². The van der Waals surface area contributed by atoms with Gasteiger partial charge >= 0.3 is 0 Å². The Morgan fingerprint density at radius 3 is 2.81 bits per heavy atom. The van der Waals surface area contributed by atoms with Gasteiger partial charge in [0.05, 0.1) is 5.69 Å². The molecule has 0 radical (unpaired) electrons. The summed E-state index contributed by atoms with van der Waals surface area (Å²) in [5.41, 5.74) is 2.57. The van der Waals surface area contributed by atoms with E-state index >= 15 is 0 Å². The van der Waals surface area contributed by atoms with E-state index in [9.17, 15) is 9.18 Å². The number of halogens is 1. The van der Waals surface area contributed by atoms with Crippen molar-refractivity contribution in [2.24, 2.45) is 0 Å². The highest BCUT2D eigenvalue weighted by molar-refractivity contribution is 6.04. The van der Waals surface area contributed by atoms with Crippen molar-refractivity contribution in [1.82, 2.24) is 20.2 Å². The van der Waals surface area contributed by atoms with Crippen molar-refractivity contribution in [3.63, 3.8) is 0 Å². The zero-order valence-electron chi connectivity index (χ0n) is 17.8. The molecule has 1 amide bonds. The van der Waals surface area contributed by atoms with E-state index in [4.69, 9.17) is 0 Å². The van der Waals surface area contributed by atoms with E-state index in [2.05, 4.69) is 27.1 Å². The maximum atomic E-state index is 13.5. The number of carbonyl (C=O) groups excluding carboxylic acids is 1. The number of aromatic nitrogens is 2. The summed E-state index contributed by atoms with van der Waals surface area (Å²) in [5.74, 6) is -0.0532. The van der Waals surface area contributed by atoms with E-state index in [1.165, 1.54) is 17.0 Å². The predicted molar refractivity (Wildman–Crippen MR) is 119 cm³/mol. The minimum Gasteiger partial charge on any atom is -0.312 e. The fourth-order valence-corrected chi connectivity index (χ4v) is 3.76. The molecule has 1 aromatic carbocycles. The van der Waals surface area contributed by atoms with Gasteiger partial charge in [-0.15, -0.1) is 0 Å². The molecule has 1 atom stereocenters. The van der Waals surface area contributed by atoms with Gasteiger partial charge in [0.15, 0.2) is 0 Å². The average Bonchev–Trinajstić information content (AvgIpc) is 2.79. The number of hydrogen-bond donors (Lipinski definition) is 1. The molecule has 0 spiro atoms. The SMILES string of the molecule is C[C@H]1CN(Cc2ccc(N(C)C(=O)c3cccc(-c4cccc(F)c4)n3)nc2)CCN1. The smallest absolute Gasteiger partial charge is 0.277 e. The lowest BCUT2D eigenvalue weighted by Crippen LogP contribution is -2.48. The van der Waals surface area contributed by atoms with Crippen molar-refractivity contribution in [2.75, 3.05) is 31.6 Å². The van der Waals surface area contributed by atoms with Gasteiger partial charge in [0.25, 0.3) is 5.91 Å². The topological polar surface area (TPSA) is 61.4 Å². The van der Waals surface area contributed by atoms with Gasteiger partial charge in [-0.1, -0.05) is 24.3 Å². The molecule has 0 aliphatic carbocycles. The molecule has 3 heterocycles. The molecule has 1 N–H and O–H groups in total. The molecule has 1 saturated heterocycles. The highest BCUT2D eigenvalue weighted by atomic mass is 19.1. The number of anilines is 1. The van der Waals surface area contributed by atoms with Crippen LogP contribution in [0.2, 0.25) is 0 Å². The Morgan fingerprint density at radius 2 is 2.06 bits per heavy atom. The Balaban J connectivity index is 1.46. The van der Waals surface area contributed by atoms with Gasteiger partial charge in [-0.2, -0.15) is 0 Å². The third-order valence-electron chi connectivity index (χ3n) is 5.41. The van der Waals surface area contributed by atoms with Gasteiger partial charge in [-0.3, -0.25) is 14.6 Å². The first-order chi connectivity index (χ1) is 15.0. The maximum Gasteiger partial charge on any atom is 0.277 e. The summed E-state index contributed by atoms with van der Waals surface area (Å²) in [7, 11) is 1.68. The van der Waals surface area contributed by atoms with Crippen LogP contribution in [0.3, 0.4) is 0 Å². The fourth-order valence-electron chi connectivity index (χ4n) is 3.76. The summed E-state index contributed by atoms with van der Waals surface area (Å²) in [6.07, 6.45) is 1.82. The summed E-state index contributed by atoms with van der Waals surface area (Å²) in [5, 5.41) is 3.44. The summed E-state index contributed by atoms with van der Waals surface area (Å²) >= 11 is 0. The van der Waals surface area contributed by atoms with Gasteiger partial charge < -0.3 is 5.32 Å². The summed E-state index contributed by atoms with van der Waals surface area (Å²) in [6.45, 7) is 6.04. The van der Waals surface area contributed by atoms with Gasteiger partial charge in [-0.05, 0) is 42.8 Å². The predicted octanol–water partition coefficient (Wildman–Crippen LogP) is 3.35. The van der Waals surface area contributed by atoms with Crippen LogP contribution in [0.5, 0.6) is 0 Å². The molecular weight excluding hydrogens is 393 g/mol. The Hall–Kier alpha value is -3.16. The molecule has 2 aromatic heterocycles. The van der Waals surface area contributed by atoms with E-state index in [0.717, 1.165) is 31.7 Å². The zero-order chi connectivity index (χ0) is 21.8. The van der Waals surface area contributed by atoms with Crippen molar-refractivity contribution < 1.29 is 9.18 Å². The Bertz CT molecular complexity index is 1060. The van der Waals surface area contributed by atoms with Crippen LogP contribution in [0.4, 0.5) is 10.2 Å². The Labute approximate surface area is 181 Å². The minimum absolute atomic E-state index is 0.269. The minimum atomic E-state index is -0.340. The Morgan fingerprint density at radius 1 is 1.23 bits per heavy atom. The van der Waals surface area contributed by atoms with Gasteiger partial charge in [-0.25, -0.2) is 14.4 Å². The van der Waals surface area contributed by atoms with Crippen LogP contribution in [0.15, 0.2) is 60.8 Å². The summed E-state index contributed by atoms with van der Waals surface area (Å²) < 4.78 is 13.5. The second-order valence-electron chi connectivity index (χ2n) is 7.90. The van der Waals surface area contributed by atoms with E-state index in [-0.39, 0.29) is 17.4 Å². The first kappa shape index (κ1) is 21.1. The zero-order valence-corrected chi connectivity index (χ0v) is 17.8. The molecule has 31 heavy (non-hydrogen) atoms. The van der Waals surface area contributed by atoms with E-state index in [1.807, 2.05) is 18.3 Å². The average molecular weight is 420 g/mol. The Kier molecular flexibility index (Phi) is 6.34. The maximum absolute atomic E-state index is 13.5. The highest BCUT2D eigenvalue weighted by Gasteiger charge is 2.18. The number of rotatable bonds is 5. The lowest BCUT2D eigenvalue weighted by Gasteiger charge is -2.31. The molecule has 1 aliphatic heterocycles. The molecule has 4 rings (SSSR count). The molecule has 6 nitrogen and oxygen atoms in total. The normalized spacial score (nSPS) is 16.8. The lowest BCUT2D eigenvalue weighted by atomic mass is 10.1. The van der Waals surface area contributed by atoms with Crippen molar-refractivity contribution >= 4 is 11.7 Å². The van der Waals surface area contributed by atoms with E-state index in [0.29, 0.717) is 23.1 Å². The first-order valence-electron chi connectivity index (χ1n) is 10.4. The van der Waals surface area contributed by atoms with Gasteiger partial charge in [0, 0.05) is 51.0 Å². The molecule has 1 fully saturated rings. The van der Waals surface area contributed by atoms with E-state index in [1.54, 1.807) is 37.4 Å². The molecule has 0 unspecified atom stereocenters. The number of amides is 1. The molecule has 1 aliphatic rings. The van der Waals surface area contributed by atoms with Gasteiger partial charge in [0.1, 0.15) is 17.3 Å². The number of hydrogen-bond acceptors (Lipinski definition) is 5. The molecule has 7 heteroatoms. The third-order valence-corrected chi connectivity index (χ3v) is 5.41. The number of nitrogens with zero attached hydrogens (tertiary/aromatic N) is 4. The van der Waals surface area contributed by atoms with Crippen LogP contribution in [-0.4, -0.2) is 53.5 Å². The van der Waals surface area contributed by atoms with Crippen LogP contribution in [0.1, 0.15) is 23.0 Å². The standard InChI is InChI=1S/C24H26FN5O/c1-17-15-30(12-11-26-17)16-18-9-10-23(27-14-18)29(2)24(31)22-8-4-7-21(28-22)19-5-3-6-20(25)13-19/h3-10,13-14,17,26H,11-12,15-16H2,1-2H3/t17-/m0/s1. The quantitative estimate of drug-likeness (QED) is 0.687. The fraction of sp³-hybridized carbons (Fsp3) is 0.292. The molecule has 160 valence electrons. The van der Waals surface area contributed by atoms with Crippen molar-refractivity contribution in [2.45, 2.75) is 19.5 Å². The van der Waals surface area contributed by atoms with Crippen molar-refractivity contribution in [3.8, 4) is 11.3 Å². The number of pyridine rings is 2. The lowest BCUT2D eigenvalue weighted by molar-refractivity contribution is 0.0987. The van der Waals surface area contributed by atoms with Crippen molar-refractivity contribution in [1.29, 1.82) is 0 Å². The molecule has 0 bridgehead atoms. The van der Waals surface area contributed by atoms with Crippen molar-refractivity contribution in [3.05, 3.63) is 77.9 Å². The van der Waals surface area contributed by atoms with Crippen LogP contribution in [0.25, 0.3) is 11.3 Å². The highest BCUT2D eigenvalue weighted by Crippen LogP contribution is 2.20. The summed E-state index contributed by atoms with van der Waals surface area (Å²) in [4.78, 5) is 25.8. The monoisotopic (exact) mass is 419 g/mol. The molecule has 3 aromatic rings. The second kappa shape index (κ2) is 9.32.